The van der Waals surface area contributed by atoms with Crippen LogP contribution in [0.5, 0.6) is 0 Å². The van der Waals surface area contributed by atoms with E-state index in [1.165, 1.54) is 50.1 Å². The minimum Gasteiger partial charge on any atom is -0.0679 e. The maximum Gasteiger partial charge on any atom is 0.0722 e. The number of rotatable bonds is 5. The van der Waals surface area contributed by atoms with Crippen molar-refractivity contribution in [3.63, 3.8) is 0 Å². The van der Waals surface area contributed by atoms with Gasteiger partial charge in [0.2, 0.25) is 0 Å². The second-order valence-corrected chi connectivity index (χ2v) is 19.0. The van der Waals surface area contributed by atoms with E-state index in [1.54, 1.807) is 11.1 Å². The molecule has 0 aromatic heterocycles. The molecule has 0 fully saturated rings. The highest BCUT2D eigenvalue weighted by molar-refractivity contribution is 6.81. The monoisotopic (exact) mass is 552 g/mol. The average Bonchev–Trinajstić information content (AvgIpc) is 3.51. The van der Waals surface area contributed by atoms with E-state index in [1.807, 2.05) is 0 Å². The highest BCUT2D eigenvalue weighted by Gasteiger charge is 2.48. The van der Waals surface area contributed by atoms with E-state index < -0.39 is 8.07 Å². The van der Waals surface area contributed by atoms with E-state index in [-0.39, 0.29) is 5.41 Å². The molecule has 4 aromatic carbocycles. The van der Waals surface area contributed by atoms with Crippen LogP contribution in [0.1, 0.15) is 80.4 Å². The van der Waals surface area contributed by atoms with Crippen molar-refractivity contribution in [3.05, 3.63) is 130 Å². The zero-order valence-electron chi connectivity index (χ0n) is 26.0. The first-order valence-electron chi connectivity index (χ1n) is 15.3. The lowest BCUT2D eigenvalue weighted by Gasteiger charge is -2.40. The van der Waals surface area contributed by atoms with Crippen LogP contribution >= 0.6 is 0 Å². The summed E-state index contributed by atoms with van der Waals surface area (Å²) in [6.45, 7) is 19.3. The zero-order valence-corrected chi connectivity index (χ0v) is 27.0. The lowest BCUT2D eigenvalue weighted by Crippen LogP contribution is -2.43. The van der Waals surface area contributed by atoms with E-state index in [0.717, 1.165) is 0 Å². The molecule has 0 aliphatic heterocycles. The maximum atomic E-state index is 2.65. The quantitative estimate of drug-likeness (QED) is 0.216. The second-order valence-electron chi connectivity index (χ2n) is 14.2. The first kappa shape index (κ1) is 27.7. The Balaban J connectivity index is 1.45. The predicted molar refractivity (Wildman–Crippen MR) is 182 cm³/mol. The van der Waals surface area contributed by atoms with Crippen LogP contribution in [-0.2, 0) is 5.41 Å². The van der Waals surface area contributed by atoms with Gasteiger partial charge in [-0.2, -0.15) is 0 Å². The van der Waals surface area contributed by atoms with Gasteiger partial charge in [-0.25, -0.2) is 0 Å². The van der Waals surface area contributed by atoms with Gasteiger partial charge in [-0.1, -0.05) is 162 Å². The Morgan fingerprint density at radius 2 is 1.15 bits per heavy atom. The molecule has 2 aliphatic carbocycles. The molecule has 0 N–H and O–H groups in total. The number of fused-ring (bicyclic) bond motifs is 2. The highest BCUT2D eigenvalue weighted by atomic mass is 28.3. The number of allylic oxidation sites excluding steroid dienone is 2. The van der Waals surface area contributed by atoms with Crippen LogP contribution < -0.4 is 0 Å². The van der Waals surface area contributed by atoms with Gasteiger partial charge in [-0.3, -0.25) is 0 Å². The Morgan fingerprint density at radius 1 is 0.610 bits per heavy atom. The molecule has 2 unspecified atom stereocenters. The van der Waals surface area contributed by atoms with E-state index in [4.69, 9.17) is 0 Å². The lowest BCUT2D eigenvalue weighted by atomic mass is 9.86. The fraction of sp³-hybridized carbons (Fsp3) is 0.300. The minimum atomic E-state index is -1.95. The molecule has 0 bridgehead atoms. The van der Waals surface area contributed by atoms with Crippen LogP contribution in [0.4, 0.5) is 0 Å². The van der Waals surface area contributed by atoms with Crippen LogP contribution in [0.25, 0.3) is 34.4 Å². The summed E-state index contributed by atoms with van der Waals surface area (Å²) in [5.41, 5.74) is 17.0. The maximum absolute atomic E-state index is 2.65. The van der Waals surface area contributed by atoms with Crippen LogP contribution in [-0.4, -0.2) is 8.07 Å². The van der Waals surface area contributed by atoms with Gasteiger partial charge in [-0.15, -0.1) is 0 Å². The lowest BCUT2D eigenvalue weighted by molar-refractivity contribution is 0.590. The largest absolute Gasteiger partial charge is 0.0722 e. The SMILES string of the molecule is CC1=Cc2c(-c3ccccc3)cccc2C1[Si](C)(C)C1C(C(C)C)=Cc2c(-c3ccc(C(C)(C)C)cc3)cccc21. The van der Waals surface area contributed by atoms with Gasteiger partial charge in [0, 0.05) is 11.1 Å². The van der Waals surface area contributed by atoms with Gasteiger partial charge in [0.15, 0.2) is 0 Å². The summed E-state index contributed by atoms with van der Waals surface area (Å²) in [7, 11) is -1.95. The first-order chi connectivity index (χ1) is 19.5. The van der Waals surface area contributed by atoms with Crippen molar-refractivity contribution in [2.45, 2.75) is 71.1 Å². The highest BCUT2D eigenvalue weighted by Crippen LogP contribution is 2.55. The second kappa shape index (κ2) is 10.1. The molecule has 208 valence electrons. The molecule has 0 radical (unpaired) electrons. The molecule has 4 aromatic rings. The minimum absolute atomic E-state index is 0.159. The third-order valence-corrected chi connectivity index (χ3v) is 14.1. The molecule has 6 rings (SSSR count). The third kappa shape index (κ3) is 4.69. The summed E-state index contributed by atoms with van der Waals surface area (Å²) in [6.07, 6.45) is 5.07. The molecular formula is C40H44Si. The summed E-state index contributed by atoms with van der Waals surface area (Å²) in [5, 5.41) is 0. The molecule has 0 amide bonds. The Morgan fingerprint density at radius 3 is 1.71 bits per heavy atom. The van der Waals surface area contributed by atoms with Gasteiger partial charge < -0.3 is 0 Å². The normalized spacial score (nSPS) is 18.3. The first-order valence-corrected chi connectivity index (χ1v) is 18.5. The molecule has 0 nitrogen and oxygen atoms in total. The van der Waals surface area contributed by atoms with Crippen LogP contribution in [0.3, 0.4) is 0 Å². The topological polar surface area (TPSA) is 0 Å². The van der Waals surface area contributed by atoms with Crippen molar-refractivity contribution < 1.29 is 0 Å². The Bertz CT molecular complexity index is 1660. The molecule has 2 aliphatic rings. The third-order valence-electron chi connectivity index (χ3n) is 9.67. The van der Waals surface area contributed by atoms with Gasteiger partial charge in [-0.05, 0) is 68.3 Å². The van der Waals surface area contributed by atoms with Crippen molar-refractivity contribution in [2.75, 3.05) is 0 Å². The van der Waals surface area contributed by atoms with Crippen molar-refractivity contribution in [1.29, 1.82) is 0 Å². The molecule has 41 heavy (non-hydrogen) atoms. The summed E-state index contributed by atoms with van der Waals surface area (Å²) >= 11 is 0. The standard InChI is InChI=1S/C40H44Si/c1-26(2)35-25-37-32(29-20-22-30(23-21-29)40(4,5)6)17-13-19-34(37)39(35)41(7,8)38-27(3)24-36-31(16-12-18-33(36)38)28-14-10-9-11-15-28/h9-26,38-39H,1-8H3. The number of hydrogen-bond donors (Lipinski definition) is 0. The molecular weight excluding hydrogens is 509 g/mol. The fourth-order valence-electron chi connectivity index (χ4n) is 7.73. The van der Waals surface area contributed by atoms with E-state index in [0.29, 0.717) is 17.0 Å². The molecule has 1 heteroatoms. The Hall–Kier alpha value is -3.42. The zero-order chi connectivity index (χ0) is 29.1. The van der Waals surface area contributed by atoms with Gasteiger partial charge in [0.05, 0.1) is 8.07 Å². The number of benzene rings is 4. The van der Waals surface area contributed by atoms with Gasteiger partial charge >= 0.3 is 0 Å². The van der Waals surface area contributed by atoms with Gasteiger partial charge in [0.25, 0.3) is 0 Å². The van der Waals surface area contributed by atoms with Gasteiger partial charge in [0.1, 0.15) is 0 Å². The molecule has 0 saturated carbocycles. The van der Waals surface area contributed by atoms with Crippen LogP contribution in [0, 0.1) is 5.92 Å². The smallest absolute Gasteiger partial charge is 0.0679 e. The average molecular weight is 553 g/mol. The Labute approximate surface area is 248 Å². The fourth-order valence-corrected chi connectivity index (χ4v) is 12.7. The van der Waals surface area contributed by atoms with Crippen LogP contribution in [0.2, 0.25) is 13.1 Å². The molecule has 0 heterocycles. The summed E-state index contributed by atoms with van der Waals surface area (Å²) < 4.78 is 0. The van der Waals surface area contributed by atoms with E-state index in [9.17, 15) is 0 Å². The van der Waals surface area contributed by atoms with E-state index >= 15 is 0 Å². The number of hydrogen-bond acceptors (Lipinski definition) is 0. The van der Waals surface area contributed by atoms with Crippen molar-refractivity contribution in [1.82, 2.24) is 0 Å². The molecule has 0 spiro atoms. The predicted octanol–water partition coefficient (Wildman–Crippen LogP) is 11.4. The van der Waals surface area contributed by atoms with Crippen molar-refractivity contribution in [2.24, 2.45) is 5.92 Å². The van der Waals surface area contributed by atoms with Crippen molar-refractivity contribution >= 4 is 20.2 Å². The van der Waals surface area contributed by atoms with Crippen molar-refractivity contribution in [3.8, 4) is 22.3 Å². The molecule has 0 saturated heterocycles. The molecule has 2 atom stereocenters. The summed E-state index contributed by atoms with van der Waals surface area (Å²) in [4.78, 5) is 0. The van der Waals surface area contributed by atoms with Crippen LogP contribution in [0.15, 0.2) is 102 Å². The van der Waals surface area contributed by atoms with E-state index in [2.05, 4.69) is 158 Å². The Kier molecular flexibility index (Phi) is 6.86. The summed E-state index contributed by atoms with van der Waals surface area (Å²) in [5.74, 6) is 0.510. The summed E-state index contributed by atoms with van der Waals surface area (Å²) in [6, 6.07) is 34.3.